The van der Waals surface area contributed by atoms with E-state index in [0.29, 0.717) is 49.6 Å². The Morgan fingerprint density at radius 1 is 1.26 bits per heavy atom. The third-order valence-electron chi connectivity index (χ3n) is 5.77. The number of carbonyl (C=O) groups excluding carboxylic acids is 2. The average Bonchev–Trinajstić information content (AvgIpc) is 2.77. The van der Waals surface area contributed by atoms with Gasteiger partial charge in [0.15, 0.2) is 0 Å². The smallest absolute Gasteiger partial charge is 0.236 e. The van der Waals surface area contributed by atoms with Crippen LogP contribution in [0.15, 0.2) is 18.2 Å². The van der Waals surface area contributed by atoms with E-state index in [4.69, 9.17) is 4.74 Å². The summed E-state index contributed by atoms with van der Waals surface area (Å²) in [4.78, 5) is 27.7. The first-order valence-corrected chi connectivity index (χ1v) is 12.6. The van der Waals surface area contributed by atoms with E-state index in [2.05, 4.69) is 19.2 Å². The van der Waals surface area contributed by atoms with Crippen LogP contribution in [-0.4, -0.2) is 57.0 Å². The van der Waals surface area contributed by atoms with Crippen molar-refractivity contribution in [3.63, 3.8) is 0 Å². The third-order valence-corrected chi connectivity index (χ3v) is 7.07. The molecular weight excluding hydrogens is 418 g/mol. The standard InChI is InChI=1S/C22H33N3O5S/c1-15(2)13-25-18-12-17(6-7-19(18)30-14-22(3,4)21(25)27)23-20(26)16-8-10-24(11-9-16)31(5,28)29/h6-7,12,15-16H,8-11,13-14H2,1-5H3,(H,23,26). The molecule has 8 nitrogen and oxygen atoms in total. The Balaban J connectivity index is 1.78. The van der Waals surface area contributed by atoms with Crippen molar-refractivity contribution in [2.75, 3.05) is 42.7 Å². The van der Waals surface area contributed by atoms with E-state index in [-0.39, 0.29) is 30.3 Å². The van der Waals surface area contributed by atoms with E-state index >= 15 is 0 Å². The Morgan fingerprint density at radius 3 is 2.48 bits per heavy atom. The number of ether oxygens (including phenoxy) is 1. The maximum Gasteiger partial charge on any atom is 0.236 e. The van der Waals surface area contributed by atoms with Crippen molar-refractivity contribution in [1.82, 2.24) is 4.31 Å². The normalized spacial score (nSPS) is 20.2. The second-order valence-corrected chi connectivity index (χ2v) is 11.6. The van der Waals surface area contributed by atoms with Crippen LogP contribution < -0.4 is 15.0 Å². The molecule has 1 N–H and O–H groups in total. The maximum atomic E-state index is 13.2. The zero-order chi connectivity index (χ0) is 23.0. The van der Waals surface area contributed by atoms with Gasteiger partial charge in [-0.15, -0.1) is 0 Å². The minimum absolute atomic E-state index is 0.00317. The molecule has 31 heavy (non-hydrogen) atoms. The van der Waals surface area contributed by atoms with E-state index in [1.165, 1.54) is 10.6 Å². The van der Waals surface area contributed by atoms with Gasteiger partial charge < -0.3 is 15.0 Å². The molecular formula is C22H33N3O5S. The van der Waals surface area contributed by atoms with Crippen LogP contribution in [0.4, 0.5) is 11.4 Å². The molecule has 0 radical (unpaired) electrons. The highest BCUT2D eigenvalue weighted by atomic mass is 32.2. The van der Waals surface area contributed by atoms with Gasteiger partial charge in [0, 0.05) is 31.2 Å². The molecule has 3 rings (SSSR count). The average molecular weight is 452 g/mol. The number of piperidine rings is 1. The number of hydrogen-bond acceptors (Lipinski definition) is 5. The predicted molar refractivity (Wildman–Crippen MR) is 121 cm³/mol. The number of nitrogens with one attached hydrogen (secondary N) is 1. The lowest BCUT2D eigenvalue weighted by molar-refractivity contribution is -0.127. The van der Waals surface area contributed by atoms with Gasteiger partial charge in [-0.05, 0) is 50.8 Å². The summed E-state index contributed by atoms with van der Waals surface area (Å²) in [6.45, 7) is 9.40. The SMILES string of the molecule is CC(C)CN1C(=O)C(C)(C)COc2ccc(NC(=O)C3CCN(S(C)(=O)=O)CC3)cc21. The zero-order valence-corrected chi connectivity index (χ0v) is 19.8. The first kappa shape index (κ1) is 23.5. The minimum Gasteiger partial charge on any atom is -0.490 e. The number of fused-ring (bicyclic) bond motifs is 1. The molecule has 0 aromatic heterocycles. The maximum absolute atomic E-state index is 13.2. The number of hydrogen-bond donors (Lipinski definition) is 1. The fraction of sp³-hybridized carbons (Fsp3) is 0.636. The Morgan fingerprint density at radius 2 is 1.90 bits per heavy atom. The summed E-state index contributed by atoms with van der Waals surface area (Å²) in [5.41, 5.74) is 0.610. The quantitative estimate of drug-likeness (QED) is 0.743. The Hall–Kier alpha value is -2.13. The van der Waals surface area contributed by atoms with Gasteiger partial charge in [0.05, 0.1) is 17.4 Å². The van der Waals surface area contributed by atoms with Gasteiger partial charge in [-0.2, -0.15) is 0 Å². The number of sulfonamides is 1. The second kappa shape index (κ2) is 8.78. The molecule has 0 aliphatic carbocycles. The molecule has 2 aliphatic rings. The Bertz CT molecular complexity index is 950. The molecule has 9 heteroatoms. The summed E-state index contributed by atoms with van der Waals surface area (Å²) in [5.74, 6) is 0.504. The van der Waals surface area contributed by atoms with Gasteiger partial charge in [0.25, 0.3) is 0 Å². The molecule has 1 fully saturated rings. The molecule has 0 spiro atoms. The number of carbonyl (C=O) groups is 2. The largest absolute Gasteiger partial charge is 0.490 e. The topological polar surface area (TPSA) is 96.0 Å². The summed E-state index contributed by atoms with van der Waals surface area (Å²) in [5, 5.41) is 2.94. The lowest BCUT2D eigenvalue weighted by Crippen LogP contribution is -2.43. The van der Waals surface area contributed by atoms with Gasteiger partial charge in [0.2, 0.25) is 21.8 Å². The summed E-state index contributed by atoms with van der Waals surface area (Å²) in [6, 6.07) is 5.36. The molecule has 0 bridgehead atoms. The number of anilines is 2. The molecule has 2 heterocycles. The van der Waals surface area contributed by atoms with Gasteiger partial charge in [-0.25, -0.2) is 12.7 Å². The number of nitrogens with zero attached hydrogens (tertiary/aromatic N) is 2. The molecule has 172 valence electrons. The highest BCUT2D eigenvalue weighted by Crippen LogP contribution is 2.38. The second-order valence-electron chi connectivity index (χ2n) is 9.59. The molecule has 0 saturated carbocycles. The van der Waals surface area contributed by atoms with Crippen molar-refractivity contribution >= 4 is 33.2 Å². The zero-order valence-electron chi connectivity index (χ0n) is 19.0. The van der Waals surface area contributed by atoms with Gasteiger partial charge in [-0.1, -0.05) is 13.8 Å². The van der Waals surface area contributed by atoms with Crippen LogP contribution in [0, 0.1) is 17.3 Å². The molecule has 2 amide bonds. The number of benzene rings is 1. The molecule has 0 atom stereocenters. The van der Waals surface area contributed by atoms with E-state index in [1.54, 1.807) is 23.1 Å². The first-order valence-electron chi connectivity index (χ1n) is 10.7. The molecule has 0 unspecified atom stereocenters. The highest BCUT2D eigenvalue weighted by molar-refractivity contribution is 7.88. The molecule has 1 aromatic carbocycles. The summed E-state index contributed by atoms with van der Waals surface area (Å²) < 4.78 is 30.7. The van der Waals surface area contributed by atoms with Crippen LogP contribution in [0.5, 0.6) is 5.75 Å². The van der Waals surface area contributed by atoms with Crippen molar-refractivity contribution in [2.24, 2.45) is 17.3 Å². The van der Waals surface area contributed by atoms with Crippen LogP contribution in [0.3, 0.4) is 0 Å². The molecule has 2 aliphatic heterocycles. The van der Waals surface area contributed by atoms with Crippen molar-refractivity contribution in [1.29, 1.82) is 0 Å². The van der Waals surface area contributed by atoms with Crippen molar-refractivity contribution in [3.8, 4) is 5.75 Å². The predicted octanol–water partition coefficient (Wildman–Crippen LogP) is 2.70. The Kier molecular flexibility index (Phi) is 6.67. The lowest BCUT2D eigenvalue weighted by Gasteiger charge is -2.30. The van der Waals surface area contributed by atoms with E-state index in [9.17, 15) is 18.0 Å². The summed E-state index contributed by atoms with van der Waals surface area (Å²) in [7, 11) is -3.23. The Labute approximate surface area is 185 Å². The van der Waals surface area contributed by atoms with Crippen LogP contribution in [0.2, 0.25) is 0 Å². The van der Waals surface area contributed by atoms with Gasteiger partial charge in [-0.3, -0.25) is 9.59 Å². The van der Waals surface area contributed by atoms with Crippen LogP contribution in [-0.2, 0) is 19.6 Å². The fourth-order valence-electron chi connectivity index (χ4n) is 3.96. The third kappa shape index (κ3) is 5.38. The van der Waals surface area contributed by atoms with E-state index in [1.807, 2.05) is 13.8 Å². The van der Waals surface area contributed by atoms with Crippen LogP contribution in [0.1, 0.15) is 40.5 Å². The number of amides is 2. The van der Waals surface area contributed by atoms with Crippen molar-refractivity contribution in [2.45, 2.75) is 40.5 Å². The number of rotatable bonds is 5. The van der Waals surface area contributed by atoms with Gasteiger partial charge in [0.1, 0.15) is 12.4 Å². The van der Waals surface area contributed by atoms with Gasteiger partial charge >= 0.3 is 0 Å². The fourth-order valence-corrected chi connectivity index (χ4v) is 4.84. The lowest BCUT2D eigenvalue weighted by atomic mass is 9.92. The summed E-state index contributed by atoms with van der Waals surface area (Å²) >= 11 is 0. The van der Waals surface area contributed by atoms with Crippen LogP contribution in [0.25, 0.3) is 0 Å². The van der Waals surface area contributed by atoms with Crippen LogP contribution >= 0.6 is 0 Å². The summed E-state index contributed by atoms with van der Waals surface area (Å²) in [6.07, 6.45) is 2.16. The first-order chi connectivity index (χ1) is 14.4. The molecule has 1 saturated heterocycles. The van der Waals surface area contributed by atoms with Crippen molar-refractivity contribution in [3.05, 3.63) is 18.2 Å². The van der Waals surface area contributed by atoms with E-state index in [0.717, 1.165) is 0 Å². The van der Waals surface area contributed by atoms with Crippen molar-refractivity contribution < 1.29 is 22.7 Å². The molecule has 1 aromatic rings. The minimum atomic E-state index is -3.23. The monoisotopic (exact) mass is 451 g/mol. The van der Waals surface area contributed by atoms with E-state index < -0.39 is 15.4 Å². The highest BCUT2D eigenvalue weighted by Gasteiger charge is 2.38.